The highest BCUT2D eigenvalue weighted by molar-refractivity contribution is 6.04. The molecule has 0 N–H and O–H groups in total. The van der Waals surface area contributed by atoms with Crippen LogP contribution >= 0.6 is 0 Å². The number of Topliss-reactive ketones (excluding diaryl/α,β-unsaturated/α-hetero) is 1. The van der Waals surface area contributed by atoms with E-state index in [1.165, 1.54) is 0 Å². The van der Waals surface area contributed by atoms with Crippen LogP contribution in [0.4, 0.5) is 0 Å². The number of carbonyl (C=O) groups excluding carboxylic acids is 1. The van der Waals surface area contributed by atoms with Crippen molar-refractivity contribution in [3.05, 3.63) is 29.8 Å². The lowest BCUT2D eigenvalue weighted by molar-refractivity contribution is 0.0751. The van der Waals surface area contributed by atoms with Gasteiger partial charge in [-0.25, -0.2) is 0 Å². The van der Waals surface area contributed by atoms with Gasteiger partial charge in [-0.3, -0.25) is 9.69 Å². The Morgan fingerprint density at radius 3 is 2.44 bits per heavy atom. The van der Waals surface area contributed by atoms with E-state index in [0.29, 0.717) is 17.9 Å². The molecule has 0 aliphatic rings. The van der Waals surface area contributed by atoms with E-state index in [9.17, 15) is 4.79 Å². The fourth-order valence-corrected chi connectivity index (χ4v) is 1.52. The van der Waals surface area contributed by atoms with Crippen molar-refractivity contribution in [2.45, 2.75) is 32.7 Å². The maximum Gasteiger partial charge on any atom is 0.186 e. The lowest BCUT2D eigenvalue weighted by atomic mass is 9.91. The molecular weight excluding hydrogens is 226 g/mol. The van der Waals surface area contributed by atoms with Crippen molar-refractivity contribution in [3.8, 4) is 5.75 Å². The zero-order chi connectivity index (χ0) is 13.8. The summed E-state index contributed by atoms with van der Waals surface area (Å²) in [5.41, 5.74) is 0.121. The normalized spacial score (nSPS) is 11.7. The van der Waals surface area contributed by atoms with Gasteiger partial charge in [-0.2, -0.15) is 0 Å². The molecule has 0 atom stereocenters. The number of likely N-dealkylation sites (N-methyl/N-ethyl adjacent to an activating group) is 1. The Kier molecular flexibility index (Phi) is 4.91. The topological polar surface area (TPSA) is 29.5 Å². The maximum atomic E-state index is 12.6. The van der Waals surface area contributed by atoms with Crippen LogP contribution < -0.4 is 4.74 Å². The quantitative estimate of drug-likeness (QED) is 0.726. The summed E-state index contributed by atoms with van der Waals surface area (Å²) in [6, 6.07) is 7.45. The predicted molar refractivity (Wildman–Crippen MR) is 74.3 cm³/mol. The minimum Gasteiger partial charge on any atom is -0.493 e. The minimum atomic E-state index is -0.536. The van der Waals surface area contributed by atoms with E-state index in [1.54, 1.807) is 0 Å². The second-order valence-corrected chi connectivity index (χ2v) is 5.13. The molecule has 0 saturated heterocycles. The van der Waals surface area contributed by atoms with Crippen LogP contribution in [0.5, 0.6) is 5.75 Å². The van der Waals surface area contributed by atoms with Gasteiger partial charge in [0.25, 0.3) is 0 Å². The fourth-order valence-electron chi connectivity index (χ4n) is 1.52. The van der Waals surface area contributed by atoms with E-state index in [-0.39, 0.29) is 5.78 Å². The van der Waals surface area contributed by atoms with Crippen LogP contribution in [0.25, 0.3) is 0 Å². The molecule has 0 aliphatic carbocycles. The molecule has 0 fully saturated rings. The van der Waals surface area contributed by atoms with Gasteiger partial charge in [0.15, 0.2) is 5.78 Å². The average molecular weight is 249 g/mol. The molecule has 18 heavy (non-hydrogen) atoms. The lowest BCUT2D eigenvalue weighted by Crippen LogP contribution is -2.45. The molecule has 1 aromatic carbocycles. The van der Waals surface area contributed by atoms with Crippen molar-refractivity contribution in [2.75, 3.05) is 20.7 Å². The van der Waals surface area contributed by atoms with E-state index in [2.05, 4.69) is 0 Å². The van der Waals surface area contributed by atoms with Crippen LogP contribution in [-0.2, 0) is 0 Å². The molecule has 3 heteroatoms. The molecule has 0 spiro atoms. The Balaban J connectivity index is 3.05. The predicted octanol–water partition coefficient (Wildman–Crippen LogP) is 3.00. The van der Waals surface area contributed by atoms with Crippen LogP contribution in [0.1, 0.15) is 37.6 Å². The third-order valence-corrected chi connectivity index (χ3v) is 3.27. The average Bonchev–Trinajstić information content (AvgIpc) is 2.35. The van der Waals surface area contributed by atoms with Crippen LogP contribution in [0, 0.1) is 0 Å². The van der Waals surface area contributed by atoms with Crippen LogP contribution in [0.3, 0.4) is 0 Å². The van der Waals surface area contributed by atoms with Crippen molar-refractivity contribution in [3.63, 3.8) is 0 Å². The van der Waals surface area contributed by atoms with Gasteiger partial charge in [-0.05, 0) is 46.5 Å². The highest BCUT2D eigenvalue weighted by atomic mass is 16.5. The van der Waals surface area contributed by atoms with Gasteiger partial charge < -0.3 is 4.74 Å². The summed E-state index contributed by atoms with van der Waals surface area (Å²) in [5.74, 6) is 0.762. The van der Waals surface area contributed by atoms with Gasteiger partial charge in [0.2, 0.25) is 0 Å². The molecular formula is C15H23NO2. The van der Waals surface area contributed by atoms with Crippen LogP contribution in [0.15, 0.2) is 24.3 Å². The minimum absolute atomic E-state index is 0.0826. The number of nitrogens with zero attached hydrogens (tertiary/aromatic N) is 1. The number of ketones is 1. The first-order chi connectivity index (χ1) is 8.41. The molecule has 0 amide bonds. The van der Waals surface area contributed by atoms with E-state index >= 15 is 0 Å². The van der Waals surface area contributed by atoms with Crippen LogP contribution in [0.2, 0.25) is 0 Å². The number of hydrogen-bond acceptors (Lipinski definition) is 3. The molecule has 0 saturated carbocycles. The number of carbonyl (C=O) groups is 1. The van der Waals surface area contributed by atoms with Gasteiger partial charge >= 0.3 is 0 Å². The summed E-state index contributed by atoms with van der Waals surface area (Å²) in [6.07, 6.45) is 0.930. The Morgan fingerprint density at radius 2 is 1.89 bits per heavy atom. The summed E-state index contributed by atoms with van der Waals surface area (Å²) in [5, 5.41) is 0. The summed E-state index contributed by atoms with van der Waals surface area (Å²) in [4.78, 5) is 14.5. The molecule has 3 nitrogen and oxygen atoms in total. The van der Waals surface area contributed by atoms with Crippen LogP contribution in [-0.4, -0.2) is 36.9 Å². The smallest absolute Gasteiger partial charge is 0.186 e. The Hall–Kier alpha value is -1.35. The fraction of sp³-hybridized carbons (Fsp3) is 0.533. The summed E-state index contributed by atoms with van der Waals surface area (Å²) < 4.78 is 5.64. The SMILES string of the molecule is CCCOc1ccccc1C(=O)C(C)(C)N(C)C. The maximum absolute atomic E-state index is 12.6. The lowest BCUT2D eigenvalue weighted by Gasteiger charge is -2.31. The molecule has 0 aromatic heterocycles. The second kappa shape index (κ2) is 6.01. The van der Waals surface area contributed by atoms with Crippen molar-refractivity contribution >= 4 is 5.78 Å². The van der Waals surface area contributed by atoms with Crippen molar-refractivity contribution in [1.29, 1.82) is 0 Å². The van der Waals surface area contributed by atoms with E-state index in [0.717, 1.165) is 6.42 Å². The molecule has 0 unspecified atom stereocenters. The molecule has 0 radical (unpaired) electrons. The first kappa shape index (κ1) is 14.7. The van der Waals surface area contributed by atoms with Gasteiger partial charge in [0.1, 0.15) is 5.75 Å². The van der Waals surface area contributed by atoms with E-state index in [1.807, 2.05) is 64.0 Å². The molecule has 0 heterocycles. The highest BCUT2D eigenvalue weighted by Gasteiger charge is 2.32. The van der Waals surface area contributed by atoms with Gasteiger partial charge in [-0.15, -0.1) is 0 Å². The second-order valence-electron chi connectivity index (χ2n) is 5.13. The van der Waals surface area contributed by atoms with Gasteiger partial charge in [0.05, 0.1) is 17.7 Å². The first-order valence-electron chi connectivity index (χ1n) is 6.35. The monoisotopic (exact) mass is 249 g/mol. The third-order valence-electron chi connectivity index (χ3n) is 3.27. The van der Waals surface area contributed by atoms with Gasteiger partial charge in [-0.1, -0.05) is 19.1 Å². The van der Waals surface area contributed by atoms with E-state index < -0.39 is 5.54 Å². The molecule has 1 rings (SSSR count). The van der Waals surface area contributed by atoms with Crippen molar-refractivity contribution in [1.82, 2.24) is 4.90 Å². The molecule has 0 bridgehead atoms. The number of benzene rings is 1. The largest absolute Gasteiger partial charge is 0.493 e. The van der Waals surface area contributed by atoms with E-state index in [4.69, 9.17) is 4.74 Å². The summed E-state index contributed by atoms with van der Waals surface area (Å²) in [6.45, 7) is 6.53. The number of ether oxygens (including phenoxy) is 1. The number of para-hydroxylation sites is 1. The zero-order valence-corrected chi connectivity index (χ0v) is 12.0. The first-order valence-corrected chi connectivity index (χ1v) is 6.35. The summed E-state index contributed by atoms with van der Waals surface area (Å²) >= 11 is 0. The zero-order valence-electron chi connectivity index (χ0n) is 12.0. The molecule has 1 aromatic rings. The summed E-state index contributed by atoms with van der Waals surface area (Å²) in [7, 11) is 3.82. The number of hydrogen-bond donors (Lipinski definition) is 0. The van der Waals surface area contributed by atoms with Crippen molar-refractivity contribution in [2.24, 2.45) is 0 Å². The number of rotatable bonds is 6. The molecule has 100 valence electrons. The van der Waals surface area contributed by atoms with Gasteiger partial charge in [0, 0.05) is 0 Å². The Morgan fingerprint density at radius 1 is 1.28 bits per heavy atom. The highest BCUT2D eigenvalue weighted by Crippen LogP contribution is 2.25. The molecule has 0 aliphatic heterocycles. The van der Waals surface area contributed by atoms with Crippen molar-refractivity contribution < 1.29 is 9.53 Å². The Labute approximate surface area is 110 Å². The standard InChI is InChI=1S/C15H23NO2/c1-6-11-18-13-10-8-7-9-12(13)14(17)15(2,3)16(4)5/h7-10H,6,11H2,1-5H3. The Bertz CT molecular complexity index is 411. The third kappa shape index (κ3) is 3.10.